The Labute approximate surface area is 273 Å². The smallest absolute Gasteiger partial charge is 0.264 e. The SMILES string of the molecule is Cc1ccc(CN(C(=O)CN(c2ccccc2C)S(=O)(=O)c2ccccc2)[C@H](Cc2ccccc2)C(=O)NC2CCCCC2)cc1. The first-order valence-corrected chi connectivity index (χ1v) is 17.5. The molecule has 0 heterocycles. The molecule has 46 heavy (non-hydrogen) atoms. The third-order valence-electron chi connectivity index (χ3n) is 8.69. The van der Waals surface area contributed by atoms with Crippen molar-refractivity contribution in [1.82, 2.24) is 10.2 Å². The Bertz CT molecular complexity index is 1700. The molecule has 1 N–H and O–H groups in total. The lowest BCUT2D eigenvalue weighted by atomic mass is 9.94. The number of hydrogen-bond donors (Lipinski definition) is 1. The van der Waals surface area contributed by atoms with Gasteiger partial charge in [-0.25, -0.2) is 8.42 Å². The van der Waals surface area contributed by atoms with Gasteiger partial charge in [0.25, 0.3) is 10.0 Å². The largest absolute Gasteiger partial charge is 0.352 e. The zero-order valence-electron chi connectivity index (χ0n) is 26.6. The van der Waals surface area contributed by atoms with Gasteiger partial charge in [-0.3, -0.25) is 13.9 Å². The molecule has 0 bridgehead atoms. The fourth-order valence-corrected chi connectivity index (χ4v) is 7.56. The van der Waals surface area contributed by atoms with Crippen LogP contribution in [0.15, 0.2) is 114 Å². The van der Waals surface area contributed by atoms with Crippen LogP contribution in [0.4, 0.5) is 5.69 Å². The summed E-state index contributed by atoms with van der Waals surface area (Å²) in [5, 5.41) is 3.25. The van der Waals surface area contributed by atoms with Crippen LogP contribution >= 0.6 is 0 Å². The molecular weight excluding hydrogens is 595 g/mol. The molecule has 1 fully saturated rings. The number of carbonyl (C=O) groups excluding carboxylic acids is 2. The van der Waals surface area contributed by atoms with E-state index >= 15 is 0 Å². The summed E-state index contributed by atoms with van der Waals surface area (Å²) in [6.07, 6.45) is 5.39. The Balaban J connectivity index is 1.56. The molecule has 2 amide bonds. The molecule has 1 aliphatic carbocycles. The molecule has 0 aliphatic heterocycles. The number of sulfonamides is 1. The van der Waals surface area contributed by atoms with Crippen molar-refractivity contribution in [2.75, 3.05) is 10.8 Å². The van der Waals surface area contributed by atoms with Gasteiger partial charge in [-0.05, 0) is 61.6 Å². The van der Waals surface area contributed by atoms with E-state index in [-0.39, 0.29) is 23.4 Å². The Hall–Kier alpha value is -4.43. The minimum atomic E-state index is -4.13. The summed E-state index contributed by atoms with van der Waals surface area (Å²) in [4.78, 5) is 30.5. The Morgan fingerprint density at radius 2 is 1.37 bits per heavy atom. The molecule has 4 aromatic rings. The van der Waals surface area contributed by atoms with Crippen molar-refractivity contribution in [3.63, 3.8) is 0 Å². The number of nitrogens with one attached hydrogen (secondary N) is 1. The number of amides is 2. The summed E-state index contributed by atoms with van der Waals surface area (Å²) in [7, 11) is -4.13. The average molecular weight is 638 g/mol. The molecule has 0 saturated heterocycles. The monoisotopic (exact) mass is 637 g/mol. The van der Waals surface area contributed by atoms with Crippen LogP contribution < -0.4 is 9.62 Å². The lowest BCUT2D eigenvalue weighted by Gasteiger charge is -2.35. The van der Waals surface area contributed by atoms with Crippen LogP contribution in [0.5, 0.6) is 0 Å². The molecule has 1 aliphatic rings. The van der Waals surface area contributed by atoms with Gasteiger partial charge >= 0.3 is 0 Å². The van der Waals surface area contributed by atoms with Crippen LogP contribution in [0.3, 0.4) is 0 Å². The molecule has 5 rings (SSSR count). The molecule has 7 nitrogen and oxygen atoms in total. The maximum atomic E-state index is 14.7. The molecule has 0 aromatic heterocycles. The van der Waals surface area contributed by atoms with Gasteiger partial charge in [0, 0.05) is 19.0 Å². The fraction of sp³-hybridized carbons (Fsp3) is 0.316. The molecule has 1 saturated carbocycles. The highest BCUT2D eigenvalue weighted by Crippen LogP contribution is 2.28. The third-order valence-corrected chi connectivity index (χ3v) is 10.5. The van der Waals surface area contributed by atoms with Crippen LogP contribution in [0.2, 0.25) is 0 Å². The zero-order chi connectivity index (χ0) is 32.5. The van der Waals surface area contributed by atoms with Gasteiger partial charge in [-0.15, -0.1) is 0 Å². The maximum absolute atomic E-state index is 14.7. The van der Waals surface area contributed by atoms with Crippen LogP contribution in [-0.2, 0) is 32.6 Å². The van der Waals surface area contributed by atoms with Gasteiger partial charge in [-0.2, -0.15) is 0 Å². The van der Waals surface area contributed by atoms with Crippen LogP contribution in [0, 0.1) is 13.8 Å². The number of anilines is 1. The van der Waals surface area contributed by atoms with E-state index in [4.69, 9.17) is 0 Å². The summed E-state index contributed by atoms with van der Waals surface area (Å²) < 4.78 is 29.5. The maximum Gasteiger partial charge on any atom is 0.264 e. The topological polar surface area (TPSA) is 86.8 Å². The Morgan fingerprint density at radius 3 is 2.02 bits per heavy atom. The van der Waals surface area contributed by atoms with Crippen LogP contribution in [0.1, 0.15) is 54.4 Å². The van der Waals surface area contributed by atoms with Crippen molar-refractivity contribution in [3.8, 4) is 0 Å². The zero-order valence-corrected chi connectivity index (χ0v) is 27.5. The van der Waals surface area contributed by atoms with E-state index in [0.29, 0.717) is 12.1 Å². The van der Waals surface area contributed by atoms with E-state index in [1.165, 1.54) is 16.4 Å². The second-order valence-corrected chi connectivity index (χ2v) is 14.0. The molecule has 240 valence electrons. The number of aryl methyl sites for hydroxylation is 2. The van der Waals surface area contributed by atoms with Crippen molar-refractivity contribution in [2.45, 2.75) is 75.9 Å². The summed E-state index contributed by atoms with van der Waals surface area (Å²) in [6.45, 7) is 3.52. The quantitative estimate of drug-likeness (QED) is 0.190. The van der Waals surface area contributed by atoms with E-state index in [1.54, 1.807) is 35.2 Å². The number of hydrogen-bond acceptors (Lipinski definition) is 4. The van der Waals surface area contributed by atoms with E-state index in [1.807, 2.05) is 80.6 Å². The second kappa shape index (κ2) is 15.2. The molecule has 8 heteroatoms. The van der Waals surface area contributed by atoms with Gasteiger partial charge in [0.15, 0.2) is 0 Å². The predicted octanol–water partition coefficient (Wildman–Crippen LogP) is 6.59. The van der Waals surface area contributed by atoms with E-state index in [2.05, 4.69) is 5.32 Å². The highest BCUT2D eigenvalue weighted by Gasteiger charge is 2.35. The molecule has 0 unspecified atom stereocenters. The van der Waals surface area contributed by atoms with Gasteiger partial charge < -0.3 is 10.2 Å². The minimum Gasteiger partial charge on any atom is -0.352 e. The molecule has 0 spiro atoms. The normalized spacial score (nSPS) is 14.3. The highest BCUT2D eigenvalue weighted by molar-refractivity contribution is 7.92. The first-order chi connectivity index (χ1) is 22.2. The molecule has 1 atom stereocenters. The lowest BCUT2D eigenvalue weighted by molar-refractivity contribution is -0.140. The Kier molecular flexibility index (Phi) is 10.9. The first-order valence-electron chi connectivity index (χ1n) is 16.0. The standard InChI is InChI=1S/C38H43N3O4S/c1-29-22-24-32(25-23-29)27-40(36(26-31-15-6-3-7-16-31)38(43)39-33-17-8-4-9-18-33)37(42)28-41(35-21-13-12-14-30(35)2)46(44,45)34-19-10-5-11-20-34/h3,5-7,10-16,19-25,33,36H,4,8-9,17-18,26-28H2,1-2H3,(H,39,43)/t36-/m1/s1. The van der Waals surface area contributed by atoms with E-state index in [0.717, 1.165) is 54.4 Å². The first kappa shape index (κ1) is 32.9. The van der Waals surface area contributed by atoms with Gasteiger partial charge in [-0.1, -0.05) is 116 Å². The van der Waals surface area contributed by atoms with Crippen LogP contribution in [0.25, 0.3) is 0 Å². The predicted molar refractivity (Wildman–Crippen MR) is 183 cm³/mol. The van der Waals surface area contributed by atoms with Gasteiger partial charge in [0.2, 0.25) is 11.8 Å². The molecule has 4 aromatic carbocycles. The highest BCUT2D eigenvalue weighted by atomic mass is 32.2. The van der Waals surface area contributed by atoms with Crippen molar-refractivity contribution in [1.29, 1.82) is 0 Å². The van der Waals surface area contributed by atoms with Crippen LogP contribution in [-0.4, -0.2) is 43.8 Å². The van der Waals surface area contributed by atoms with Crippen molar-refractivity contribution in [3.05, 3.63) is 131 Å². The van der Waals surface area contributed by atoms with E-state index < -0.39 is 28.5 Å². The van der Waals surface area contributed by atoms with Gasteiger partial charge in [0.1, 0.15) is 12.6 Å². The lowest BCUT2D eigenvalue weighted by Crippen LogP contribution is -2.55. The number of benzene rings is 4. The summed E-state index contributed by atoms with van der Waals surface area (Å²) in [6, 6.07) is 32.0. The van der Waals surface area contributed by atoms with Crippen molar-refractivity contribution in [2.24, 2.45) is 0 Å². The summed E-state index contributed by atoms with van der Waals surface area (Å²) >= 11 is 0. The minimum absolute atomic E-state index is 0.0535. The van der Waals surface area contributed by atoms with Crippen molar-refractivity contribution >= 4 is 27.5 Å². The third kappa shape index (κ3) is 8.23. The van der Waals surface area contributed by atoms with Gasteiger partial charge in [0.05, 0.1) is 10.6 Å². The number of para-hydroxylation sites is 1. The summed E-state index contributed by atoms with van der Waals surface area (Å²) in [5.74, 6) is -0.673. The second-order valence-electron chi connectivity index (χ2n) is 12.2. The number of rotatable bonds is 12. The number of carbonyl (C=O) groups is 2. The average Bonchev–Trinajstić information content (AvgIpc) is 3.07. The summed E-state index contributed by atoms with van der Waals surface area (Å²) in [5.41, 5.74) is 3.99. The molecule has 0 radical (unpaired) electrons. The fourth-order valence-electron chi connectivity index (χ4n) is 6.06. The Morgan fingerprint density at radius 1 is 0.761 bits per heavy atom. The van der Waals surface area contributed by atoms with Crippen molar-refractivity contribution < 1.29 is 18.0 Å². The molecular formula is C38H43N3O4S. The van der Waals surface area contributed by atoms with E-state index in [9.17, 15) is 18.0 Å². The number of nitrogens with zero attached hydrogens (tertiary/aromatic N) is 2.